The van der Waals surface area contributed by atoms with Crippen molar-refractivity contribution in [3.05, 3.63) is 42.0 Å². The molecule has 1 atom stereocenters. The van der Waals surface area contributed by atoms with Crippen LogP contribution < -0.4 is 10.1 Å². The zero-order valence-electron chi connectivity index (χ0n) is 13.4. The lowest BCUT2D eigenvalue weighted by Crippen LogP contribution is -2.36. The Labute approximate surface area is 134 Å². The molecule has 0 bridgehead atoms. The van der Waals surface area contributed by atoms with E-state index in [-0.39, 0.29) is 11.7 Å². The van der Waals surface area contributed by atoms with E-state index in [1.165, 1.54) is 6.92 Å². The molecule has 1 heterocycles. The number of carbonyl (C=O) groups is 2. The first-order valence-corrected chi connectivity index (χ1v) is 7.43. The van der Waals surface area contributed by atoms with Crippen LogP contribution in [0.4, 0.5) is 0 Å². The molecule has 7 heteroatoms. The fourth-order valence-electron chi connectivity index (χ4n) is 2.02. The topological polar surface area (TPSA) is 86.1 Å². The molecule has 0 spiro atoms. The van der Waals surface area contributed by atoms with Gasteiger partial charge in [0, 0.05) is 12.1 Å². The fraction of sp³-hybridized carbons (Fsp3) is 0.375. The number of ether oxygens (including phenoxy) is 1. The summed E-state index contributed by atoms with van der Waals surface area (Å²) in [4.78, 5) is 23.3. The van der Waals surface area contributed by atoms with Gasteiger partial charge in [-0.15, -0.1) is 10.2 Å². The maximum atomic E-state index is 12.1. The summed E-state index contributed by atoms with van der Waals surface area (Å²) in [6.07, 6.45) is 0.967. The van der Waals surface area contributed by atoms with Gasteiger partial charge in [0.15, 0.2) is 17.7 Å². The monoisotopic (exact) mass is 316 g/mol. The molecule has 0 radical (unpaired) electrons. The number of amides is 1. The lowest BCUT2D eigenvalue weighted by molar-refractivity contribution is -0.127. The van der Waals surface area contributed by atoms with Crippen LogP contribution in [0.1, 0.15) is 37.0 Å². The number of hydrogen-bond donors (Lipinski definition) is 1. The van der Waals surface area contributed by atoms with Crippen molar-refractivity contribution < 1.29 is 14.3 Å². The van der Waals surface area contributed by atoms with E-state index in [4.69, 9.17) is 4.74 Å². The van der Waals surface area contributed by atoms with Crippen molar-refractivity contribution in [2.24, 2.45) is 0 Å². The predicted octanol–water partition coefficient (Wildman–Crippen LogP) is 1.58. The number of nitrogens with one attached hydrogen (secondary N) is 1. The van der Waals surface area contributed by atoms with Gasteiger partial charge in [0.2, 0.25) is 0 Å². The second kappa shape index (κ2) is 7.53. The number of aromatic nitrogens is 3. The fourth-order valence-corrected chi connectivity index (χ4v) is 2.02. The molecule has 23 heavy (non-hydrogen) atoms. The predicted molar refractivity (Wildman–Crippen MR) is 84.1 cm³/mol. The minimum absolute atomic E-state index is 0.0117. The Hall–Kier alpha value is -2.70. The summed E-state index contributed by atoms with van der Waals surface area (Å²) in [7, 11) is 0. The van der Waals surface area contributed by atoms with Crippen molar-refractivity contribution in [1.82, 2.24) is 20.1 Å². The van der Waals surface area contributed by atoms with E-state index >= 15 is 0 Å². The normalized spacial score (nSPS) is 11.8. The van der Waals surface area contributed by atoms with Gasteiger partial charge < -0.3 is 14.6 Å². The summed E-state index contributed by atoms with van der Waals surface area (Å²) in [5.41, 5.74) is 0.605. The Morgan fingerprint density at radius 3 is 2.61 bits per heavy atom. The summed E-state index contributed by atoms with van der Waals surface area (Å²) in [5, 5.41) is 10.5. The van der Waals surface area contributed by atoms with E-state index in [9.17, 15) is 9.59 Å². The van der Waals surface area contributed by atoms with Gasteiger partial charge >= 0.3 is 0 Å². The molecular weight excluding hydrogens is 296 g/mol. The van der Waals surface area contributed by atoms with Gasteiger partial charge in [-0.05, 0) is 45.0 Å². The molecule has 0 aliphatic heterocycles. The molecule has 0 aliphatic rings. The third-order valence-electron chi connectivity index (χ3n) is 3.40. The summed E-state index contributed by atoms with van der Waals surface area (Å²) in [6, 6.07) is 6.69. The van der Waals surface area contributed by atoms with Crippen LogP contribution in [-0.4, -0.2) is 32.6 Å². The van der Waals surface area contributed by atoms with Crippen LogP contribution in [0.2, 0.25) is 0 Å². The van der Waals surface area contributed by atoms with E-state index in [0.717, 1.165) is 6.54 Å². The molecule has 122 valence electrons. The highest BCUT2D eigenvalue weighted by Gasteiger charge is 2.15. The molecule has 0 saturated carbocycles. The molecule has 0 unspecified atom stereocenters. The van der Waals surface area contributed by atoms with Gasteiger partial charge in [-0.3, -0.25) is 9.59 Å². The highest BCUT2D eigenvalue weighted by molar-refractivity contribution is 5.94. The number of ketones is 1. The van der Waals surface area contributed by atoms with E-state index in [2.05, 4.69) is 15.5 Å². The molecule has 2 aromatic rings. The second-order valence-corrected chi connectivity index (χ2v) is 5.09. The average Bonchev–Trinajstić information content (AvgIpc) is 3.00. The number of carbonyl (C=O) groups excluding carboxylic acids is 2. The van der Waals surface area contributed by atoms with Gasteiger partial charge in [-0.25, -0.2) is 0 Å². The lowest BCUT2D eigenvalue weighted by atomic mass is 10.1. The quantitative estimate of drug-likeness (QED) is 0.784. The summed E-state index contributed by atoms with van der Waals surface area (Å²) < 4.78 is 7.42. The van der Waals surface area contributed by atoms with E-state index in [0.29, 0.717) is 23.7 Å². The SMILES string of the molecule is CCn1cnnc1CNC(=O)[C@H](C)Oc1ccc(C(C)=O)cc1. The number of aryl methyl sites for hydroxylation is 1. The Morgan fingerprint density at radius 1 is 1.30 bits per heavy atom. The highest BCUT2D eigenvalue weighted by Crippen LogP contribution is 2.14. The third-order valence-corrected chi connectivity index (χ3v) is 3.40. The maximum Gasteiger partial charge on any atom is 0.261 e. The standard InChI is InChI=1S/C16H20N4O3/c1-4-20-10-18-19-15(20)9-17-16(22)12(3)23-14-7-5-13(6-8-14)11(2)21/h5-8,10,12H,4,9H2,1-3H3,(H,17,22)/t12-/m0/s1. The van der Waals surface area contributed by atoms with Crippen LogP contribution in [0.3, 0.4) is 0 Å². The summed E-state index contributed by atoms with van der Waals surface area (Å²) in [6.45, 7) is 6.18. The number of nitrogens with zero attached hydrogens (tertiary/aromatic N) is 3. The molecule has 1 amide bonds. The average molecular weight is 316 g/mol. The first-order chi connectivity index (χ1) is 11.0. The molecule has 0 saturated heterocycles. The molecular formula is C16H20N4O3. The summed E-state index contributed by atoms with van der Waals surface area (Å²) >= 11 is 0. The van der Waals surface area contributed by atoms with Gasteiger partial charge in [0.25, 0.3) is 5.91 Å². The van der Waals surface area contributed by atoms with Crippen molar-refractivity contribution >= 4 is 11.7 Å². The molecule has 0 fully saturated rings. The number of Topliss-reactive ketones (excluding diaryl/α,β-unsaturated/α-hetero) is 1. The number of rotatable bonds is 7. The van der Waals surface area contributed by atoms with Gasteiger partial charge in [-0.1, -0.05) is 0 Å². The maximum absolute atomic E-state index is 12.1. The largest absolute Gasteiger partial charge is 0.481 e. The molecule has 1 aromatic carbocycles. The van der Waals surface area contributed by atoms with E-state index in [1.54, 1.807) is 37.5 Å². The van der Waals surface area contributed by atoms with Crippen molar-refractivity contribution in [3.8, 4) is 5.75 Å². The van der Waals surface area contributed by atoms with Crippen LogP contribution in [0.5, 0.6) is 5.75 Å². The van der Waals surface area contributed by atoms with Crippen molar-refractivity contribution in [2.75, 3.05) is 0 Å². The first-order valence-electron chi connectivity index (χ1n) is 7.43. The van der Waals surface area contributed by atoms with E-state index in [1.807, 2.05) is 11.5 Å². The molecule has 1 N–H and O–H groups in total. The molecule has 2 rings (SSSR count). The van der Waals surface area contributed by atoms with Gasteiger partial charge in [-0.2, -0.15) is 0 Å². The number of benzene rings is 1. The third kappa shape index (κ3) is 4.38. The van der Waals surface area contributed by atoms with Crippen molar-refractivity contribution in [1.29, 1.82) is 0 Å². The van der Waals surface area contributed by atoms with Crippen molar-refractivity contribution in [3.63, 3.8) is 0 Å². The number of hydrogen-bond acceptors (Lipinski definition) is 5. The molecule has 1 aromatic heterocycles. The Bertz CT molecular complexity index is 679. The Kier molecular flexibility index (Phi) is 5.46. The van der Waals surface area contributed by atoms with E-state index < -0.39 is 6.10 Å². The highest BCUT2D eigenvalue weighted by atomic mass is 16.5. The van der Waals surface area contributed by atoms with Gasteiger partial charge in [0.1, 0.15) is 12.1 Å². The smallest absolute Gasteiger partial charge is 0.261 e. The van der Waals surface area contributed by atoms with Crippen molar-refractivity contribution in [2.45, 2.75) is 40.0 Å². The van der Waals surface area contributed by atoms with Crippen LogP contribution >= 0.6 is 0 Å². The zero-order valence-corrected chi connectivity index (χ0v) is 13.4. The minimum atomic E-state index is -0.656. The molecule has 0 aliphatic carbocycles. The zero-order chi connectivity index (χ0) is 16.8. The Morgan fingerprint density at radius 2 is 2.00 bits per heavy atom. The lowest BCUT2D eigenvalue weighted by Gasteiger charge is -2.15. The van der Waals surface area contributed by atoms with Gasteiger partial charge in [0.05, 0.1) is 6.54 Å². The second-order valence-electron chi connectivity index (χ2n) is 5.09. The van der Waals surface area contributed by atoms with Crippen LogP contribution in [0.25, 0.3) is 0 Å². The Balaban J connectivity index is 1.88. The first kappa shape index (κ1) is 16.7. The minimum Gasteiger partial charge on any atom is -0.481 e. The summed E-state index contributed by atoms with van der Waals surface area (Å²) in [5.74, 6) is 0.974. The van der Waals surface area contributed by atoms with Crippen LogP contribution in [0, 0.1) is 0 Å². The molecule has 7 nitrogen and oxygen atoms in total. The van der Waals surface area contributed by atoms with Crippen LogP contribution in [-0.2, 0) is 17.9 Å². The van der Waals surface area contributed by atoms with Crippen LogP contribution in [0.15, 0.2) is 30.6 Å².